The Morgan fingerprint density at radius 1 is 1.33 bits per heavy atom. The molecule has 0 radical (unpaired) electrons. The molecule has 0 heterocycles. The Balaban J connectivity index is 2.18. The zero-order valence-corrected chi connectivity index (χ0v) is 14.5. The van der Waals surface area contributed by atoms with Crippen LogP contribution in [0.2, 0.25) is 0 Å². The number of methoxy groups -OCH3 is 1. The van der Waals surface area contributed by atoms with Gasteiger partial charge in [-0.1, -0.05) is 12.1 Å². The maximum absolute atomic E-state index is 12.9. The fourth-order valence-corrected chi connectivity index (χ4v) is 2.51. The summed E-state index contributed by atoms with van der Waals surface area (Å²) in [6.07, 6.45) is 2.90. The van der Waals surface area contributed by atoms with Gasteiger partial charge in [0.15, 0.2) is 11.5 Å². The van der Waals surface area contributed by atoms with Gasteiger partial charge in [-0.05, 0) is 57.4 Å². The molecule has 0 aliphatic heterocycles. The van der Waals surface area contributed by atoms with Gasteiger partial charge in [0, 0.05) is 6.08 Å². The average Bonchev–Trinajstić information content (AvgIpc) is 2.59. The van der Waals surface area contributed by atoms with E-state index in [9.17, 15) is 9.18 Å². The van der Waals surface area contributed by atoms with E-state index in [1.807, 2.05) is 5.43 Å². The number of hydrogen-bond donors (Lipinski definition) is 2. The van der Waals surface area contributed by atoms with E-state index >= 15 is 0 Å². The number of carbonyl (C=O) groups excluding carboxylic acids is 1. The molecule has 0 aliphatic carbocycles. The van der Waals surface area contributed by atoms with Gasteiger partial charge in [0.2, 0.25) is 0 Å². The van der Waals surface area contributed by atoms with E-state index in [1.54, 1.807) is 30.3 Å². The summed E-state index contributed by atoms with van der Waals surface area (Å²) in [4.78, 5) is 11.2. The van der Waals surface area contributed by atoms with E-state index in [-0.39, 0.29) is 12.4 Å². The third-order valence-corrected chi connectivity index (χ3v) is 3.71. The van der Waals surface area contributed by atoms with Crippen LogP contribution in [0.4, 0.5) is 4.39 Å². The molecular formula is C17H16BrFN2O3. The van der Waals surface area contributed by atoms with Gasteiger partial charge in [-0.15, -0.1) is 0 Å². The molecule has 1 amide bonds. The topological polar surface area (TPSA) is 73.6 Å². The molecule has 5 nitrogen and oxygen atoms in total. The second kappa shape index (κ2) is 8.47. The van der Waals surface area contributed by atoms with Gasteiger partial charge in [-0.25, -0.2) is 10.2 Å². The predicted molar refractivity (Wildman–Crippen MR) is 92.8 cm³/mol. The molecule has 0 atom stereocenters. The molecule has 0 aliphatic rings. The second-order valence-electron chi connectivity index (χ2n) is 4.79. The molecule has 0 aromatic heterocycles. The number of ether oxygens (including phenoxy) is 2. The largest absolute Gasteiger partial charge is 0.493 e. The number of rotatable bonds is 6. The van der Waals surface area contributed by atoms with Crippen LogP contribution in [-0.2, 0) is 11.4 Å². The lowest BCUT2D eigenvalue weighted by Gasteiger charge is -2.13. The minimum atomic E-state index is -0.415. The molecule has 2 aromatic carbocycles. The number of benzene rings is 2. The standard InChI is InChI=1S/C17H16BrFN2O3/c1-23-15-9-12(4-7-16(22)21-20)8-14(18)17(15)24-10-11-2-5-13(19)6-3-11/h2-9H,10,20H2,1H3,(H,21,22)/b7-4+. The Bertz CT molecular complexity index is 748. The van der Waals surface area contributed by atoms with Crippen molar-refractivity contribution >= 4 is 27.9 Å². The fourth-order valence-electron chi connectivity index (χ4n) is 1.93. The lowest BCUT2D eigenvalue weighted by molar-refractivity contribution is -0.116. The lowest BCUT2D eigenvalue weighted by atomic mass is 10.2. The maximum Gasteiger partial charge on any atom is 0.257 e. The molecule has 126 valence electrons. The first kappa shape index (κ1) is 18.0. The van der Waals surface area contributed by atoms with Crippen LogP contribution in [0.3, 0.4) is 0 Å². The number of nitrogens with two attached hydrogens (primary N) is 1. The van der Waals surface area contributed by atoms with Gasteiger partial charge >= 0.3 is 0 Å². The van der Waals surface area contributed by atoms with Crippen LogP contribution in [0.15, 0.2) is 46.9 Å². The quantitative estimate of drug-likeness (QED) is 0.341. The third kappa shape index (κ3) is 4.81. The minimum Gasteiger partial charge on any atom is -0.493 e. The first-order valence-electron chi connectivity index (χ1n) is 6.97. The molecule has 0 bridgehead atoms. The molecule has 2 aromatic rings. The Hall–Kier alpha value is -2.38. The zero-order valence-electron chi connectivity index (χ0n) is 12.9. The van der Waals surface area contributed by atoms with Crippen LogP contribution in [-0.4, -0.2) is 13.0 Å². The van der Waals surface area contributed by atoms with E-state index < -0.39 is 5.91 Å². The second-order valence-corrected chi connectivity index (χ2v) is 5.65. The van der Waals surface area contributed by atoms with Crippen LogP contribution < -0.4 is 20.7 Å². The number of carbonyl (C=O) groups is 1. The fraction of sp³-hybridized carbons (Fsp3) is 0.118. The molecule has 7 heteroatoms. The zero-order chi connectivity index (χ0) is 17.5. The maximum atomic E-state index is 12.9. The highest BCUT2D eigenvalue weighted by Crippen LogP contribution is 2.37. The smallest absolute Gasteiger partial charge is 0.257 e. The molecule has 0 fully saturated rings. The summed E-state index contributed by atoms with van der Waals surface area (Å²) in [6, 6.07) is 9.56. The van der Waals surface area contributed by atoms with Crippen LogP contribution in [0.1, 0.15) is 11.1 Å². The highest BCUT2D eigenvalue weighted by molar-refractivity contribution is 9.10. The molecule has 2 rings (SSSR count). The van der Waals surface area contributed by atoms with E-state index in [0.29, 0.717) is 16.0 Å². The van der Waals surface area contributed by atoms with Crippen molar-refractivity contribution in [2.75, 3.05) is 7.11 Å². The van der Waals surface area contributed by atoms with Gasteiger partial charge in [-0.2, -0.15) is 0 Å². The van der Waals surface area contributed by atoms with Crippen molar-refractivity contribution in [2.24, 2.45) is 5.84 Å². The molecule has 0 spiro atoms. The molecule has 24 heavy (non-hydrogen) atoms. The normalized spacial score (nSPS) is 10.7. The molecule has 0 unspecified atom stereocenters. The SMILES string of the molecule is COc1cc(/C=C/C(=O)NN)cc(Br)c1OCc1ccc(F)cc1. The third-order valence-electron chi connectivity index (χ3n) is 3.12. The van der Waals surface area contributed by atoms with E-state index in [2.05, 4.69) is 15.9 Å². The Kier molecular flexibility index (Phi) is 6.34. The van der Waals surface area contributed by atoms with Crippen LogP contribution in [0, 0.1) is 5.82 Å². The van der Waals surface area contributed by atoms with Crippen molar-refractivity contribution < 1.29 is 18.7 Å². The van der Waals surface area contributed by atoms with Crippen molar-refractivity contribution in [1.82, 2.24) is 5.43 Å². The van der Waals surface area contributed by atoms with E-state index in [1.165, 1.54) is 25.3 Å². The number of nitrogens with one attached hydrogen (secondary N) is 1. The van der Waals surface area contributed by atoms with E-state index in [0.717, 1.165) is 11.1 Å². The van der Waals surface area contributed by atoms with Gasteiger partial charge in [-0.3, -0.25) is 10.2 Å². The van der Waals surface area contributed by atoms with Crippen LogP contribution in [0.25, 0.3) is 6.08 Å². The van der Waals surface area contributed by atoms with Gasteiger partial charge in [0.1, 0.15) is 12.4 Å². The highest BCUT2D eigenvalue weighted by Gasteiger charge is 2.11. The minimum absolute atomic E-state index is 0.264. The van der Waals surface area contributed by atoms with Gasteiger partial charge in [0.05, 0.1) is 11.6 Å². The Morgan fingerprint density at radius 3 is 2.67 bits per heavy atom. The summed E-state index contributed by atoms with van der Waals surface area (Å²) >= 11 is 3.42. The van der Waals surface area contributed by atoms with Gasteiger partial charge < -0.3 is 9.47 Å². The first-order chi connectivity index (χ1) is 11.5. The van der Waals surface area contributed by atoms with Crippen LogP contribution in [0.5, 0.6) is 11.5 Å². The van der Waals surface area contributed by atoms with Crippen molar-refractivity contribution in [3.8, 4) is 11.5 Å². The molecule has 3 N–H and O–H groups in total. The summed E-state index contributed by atoms with van der Waals surface area (Å²) in [7, 11) is 1.52. The Morgan fingerprint density at radius 2 is 2.04 bits per heavy atom. The first-order valence-corrected chi connectivity index (χ1v) is 7.76. The van der Waals surface area contributed by atoms with Crippen molar-refractivity contribution in [3.05, 3.63) is 63.9 Å². The lowest BCUT2D eigenvalue weighted by Crippen LogP contribution is -2.27. The van der Waals surface area contributed by atoms with Crippen molar-refractivity contribution in [2.45, 2.75) is 6.61 Å². The summed E-state index contributed by atoms with van der Waals surface area (Å²) < 4.78 is 24.7. The number of hydrogen-bond acceptors (Lipinski definition) is 4. The van der Waals surface area contributed by atoms with Crippen molar-refractivity contribution in [1.29, 1.82) is 0 Å². The predicted octanol–water partition coefficient (Wildman–Crippen LogP) is 3.18. The molecule has 0 saturated carbocycles. The van der Waals surface area contributed by atoms with Gasteiger partial charge in [0.25, 0.3) is 5.91 Å². The summed E-state index contributed by atoms with van der Waals surface area (Å²) in [5, 5.41) is 0. The van der Waals surface area contributed by atoms with Crippen LogP contribution >= 0.6 is 15.9 Å². The average molecular weight is 395 g/mol. The number of halogens is 2. The summed E-state index contributed by atoms with van der Waals surface area (Å²) in [6.45, 7) is 0.264. The number of amides is 1. The monoisotopic (exact) mass is 394 g/mol. The highest BCUT2D eigenvalue weighted by atomic mass is 79.9. The molecular weight excluding hydrogens is 379 g/mol. The molecule has 0 saturated heterocycles. The number of hydrazine groups is 1. The van der Waals surface area contributed by atoms with Crippen molar-refractivity contribution in [3.63, 3.8) is 0 Å². The Labute approximate surface area is 147 Å². The summed E-state index contributed by atoms with van der Waals surface area (Å²) in [5.74, 6) is 5.33. The van der Waals surface area contributed by atoms with E-state index in [4.69, 9.17) is 15.3 Å². The summed E-state index contributed by atoms with van der Waals surface area (Å²) in [5.41, 5.74) is 3.57.